The standard InChI is InChI=1S/C8H6F3N5/c9-8(10,11)5-3-16-4(7(12)13)1-15-6(16)2-14-5/h1-3H,(H3,12,13). The van der Waals surface area contributed by atoms with Crippen molar-refractivity contribution in [2.75, 3.05) is 0 Å². The van der Waals surface area contributed by atoms with Crippen LogP contribution in [0.25, 0.3) is 5.65 Å². The van der Waals surface area contributed by atoms with Gasteiger partial charge in [-0.1, -0.05) is 0 Å². The molecule has 0 aliphatic rings. The highest BCUT2D eigenvalue weighted by atomic mass is 19.4. The minimum absolute atomic E-state index is 0.0999. The molecule has 2 aromatic heterocycles. The molecule has 0 saturated carbocycles. The Labute approximate surface area is 87.2 Å². The Morgan fingerprint density at radius 3 is 2.56 bits per heavy atom. The van der Waals surface area contributed by atoms with E-state index in [1.165, 1.54) is 6.20 Å². The van der Waals surface area contributed by atoms with Gasteiger partial charge in [0.05, 0.1) is 12.4 Å². The number of nitrogen functional groups attached to an aromatic ring is 1. The first kappa shape index (κ1) is 10.4. The second-order valence-electron chi connectivity index (χ2n) is 3.06. The summed E-state index contributed by atoms with van der Waals surface area (Å²) in [6.07, 6.45) is -1.57. The third-order valence-corrected chi connectivity index (χ3v) is 1.96. The molecule has 0 atom stereocenters. The Morgan fingerprint density at radius 1 is 1.31 bits per heavy atom. The third-order valence-electron chi connectivity index (χ3n) is 1.96. The molecular formula is C8H6F3N5. The smallest absolute Gasteiger partial charge is 0.382 e. The van der Waals surface area contributed by atoms with E-state index >= 15 is 0 Å². The molecule has 0 bridgehead atoms. The summed E-state index contributed by atoms with van der Waals surface area (Å²) in [5.74, 6) is -0.355. The van der Waals surface area contributed by atoms with Crippen molar-refractivity contribution in [2.24, 2.45) is 5.73 Å². The monoisotopic (exact) mass is 229 g/mol. The number of imidazole rings is 1. The molecule has 5 nitrogen and oxygen atoms in total. The number of alkyl halides is 3. The highest BCUT2D eigenvalue weighted by molar-refractivity contribution is 5.93. The molecule has 2 aromatic rings. The van der Waals surface area contributed by atoms with Crippen LogP contribution in [0.1, 0.15) is 11.4 Å². The van der Waals surface area contributed by atoms with Gasteiger partial charge in [0.1, 0.15) is 11.5 Å². The molecule has 3 N–H and O–H groups in total. The molecule has 0 amide bonds. The summed E-state index contributed by atoms with van der Waals surface area (Å²) in [6, 6.07) is 0. The average molecular weight is 229 g/mol. The number of aromatic nitrogens is 3. The van der Waals surface area contributed by atoms with Crippen LogP contribution in [0.2, 0.25) is 0 Å². The Kier molecular flexibility index (Phi) is 2.07. The molecule has 0 aliphatic carbocycles. The quantitative estimate of drug-likeness (QED) is 0.566. The van der Waals surface area contributed by atoms with Crippen molar-refractivity contribution < 1.29 is 13.2 Å². The lowest BCUT2D eigenvalue weighted by Gasteiger charge is -2.06. The fourth-order valence-corrected chi connectivity index (χ4v) is 1.23. The molecule has 2 heterocycles. The molecule has 0 aromatic carbocycles. The number of nitrogens with zero attached hydrogens (tertiary/aromatic N) is 3. The zero-order chi connectivity index (χ0) is 11.9. The van der Waals surface area contributed by atoms with E-state index in [0.717, 1.165) is 16.8 Å². The van der Waals surface area contributed by atoms with E-state index in [1.54, 1.807) is 0 Å². The maximum atomic E-state index is 12.4. The van der Waals surface area contributed by atoms with Crippen LogP contribution in [-0.4, -0.2) is 20.2 Å². The number of rotatable bonds is 1. The first-order valence-corrected chi connectivity index (χ1v) is 4.14. The molecule has 0 aliphatic heterocycles. The van der Waals surface area contributed by atoms with E-state index in [4.69, 9.17) is 11.1 Å². The molecule has 0 spiro atoms. The lowest BCUT2D eigenvalue weighted by molar-refractivity contribution is -0.141. The molecule has 0 fully saturated rings. The van der Waals surface area contributed by atoms with Crippen molar-refractivity contribution in [1.82, 2.24) is 14.4 Å². The van der Waals surface area contributed by atoms with Crippen molar-refractivity contribution >= 4 is 11.5 Å². The van der Waals surface area contributed by atoms with Crippen LogP contribution in [0, 0.1) is 5.41 Å². The summed E-state index contributed by atoms with van der Waals surface area (Å²) in [6.45, 7) is 0. The van der Waals surface area contributed by atoms with Crippen LogP contribution in [0.4, 0.5) is 13.2 Å². The third kappa shape index (κ3) is 1.58. The number of halogens is 3. The number of hydrogen-bond acceptors (Lipinski definition) is 3. The Morgan fingerprint density at radius 2 is 2.00 bits per heavy atom. The van der Waals surface area contributed by atoms with Crippen LogP contribution >= 0.6 is 0 Å². The van der Waals surface area contributed by atoms with Crippen LogP contribution in [0.15, 0.2) is 18.6 Å². The largest absolute Gasteiger partial charge is 0.434 e. The lowest BCUT2D eigenvalue weighted by Crippen LogP contribution is -2.15. The van der Waals surface area contributed by atoms with E-state index in [-0.39, 0.29) is 17.2 Å². The van der Waals surface area contributed by atoms with Gasteiger partial charge in [-0.05, 0) is 0 Å². The zero-order valence-corrected chi connectivity index (χ0v) is 7.78. The van der Waals surface area contributed by atoms with Crippen LogP contribution in [-0.2, 0) is 6.18 Å². The maximum Gasteiger partial charge on any atom is 0.434 e. The van der Waals surface area contributed by atoms with Crippen LogP contribution in [0.5, 0.6) is 0 Å². The van der Waals surface area contributed by atoms with E-state index < -0.39 is 11.9 Å². The summed E-state index contributed by atoms with van der Waals surface area (Å²) < 4.78 is 38.2. The molecular weight excluding hydrogens is 223 g/mol. The van der Waals surface area contributed by atoms with Crippen molar-refractivity contribution in [2.45, 2.75) is 6.18 Å². The summed E-state index contributed by atoms with van der Waals surface area (Å²) in [5, 5.41) is 7.18. The number of amidine groups is 1. The van der Waals surface area contributed by atoms with Gasteiger partial charge < -0.3 is 5.73 Å². The van der Waals surface area contributed by atoms with Crippen molar-refractivity contribution in [3.8, 4) is 0 Å². The molecule has 0 unspecified atom stereocenters. The molecule has 0 radical (unpaired) electrons. The van der Waals surface area contributed by atoms with E-state index in [9.17, 15) is 13.2 Å². The average Bonchev–Trinajstić information content (AvgIpc) is 2.58. The van der Waals surface area contributed by atoms with E-state index in [2.05, 4.69) is 9.97 Å². The van der Waals surface area contributed by atoms with E-state index in [0.29, 0.717) is 0 Å². The minimum atomic E-state index is -4.54. The van der Waals surface area contributed by atoms with Crippen molar-refractivity contribution in [3.05, 3.63) is 30.0 Å². The fourth-order valence-electron chi connectivity index (χ4n) is 1.23. The second-order valence-corrected chi connectivity index (χ2v) is 3.06. The Balaban J connectivity index is 2.68. The van der Waals surface area contributed by atoms with Gasteiger partial charge in [-0.25, -0.2) is 9.97 Å². The Hall–Kier alpha value is -2.12. The lowest BCUT2D eigenvalue weighted by atomic mass is 10.4. The van der Waals surface area contributed by atoms with Gasteiger partial charge in [0.15, 0.2) is 11.3 Å². The topological polar surface area (TPSA) is 80.1 Å². The Bertz CT molecular complexity index is 556. The summed E-state index contributed by atoms with van der Waals surface area (Å²) in [5.41, 5.74) is 4.46. The van der Waals surface area contributed by atoms with Crippen LogP contribution in [0.3, 0.4) is 0 Å². The highest BCUT2D eigenvalue weighted by Crippen LogP contribution is 2.27. The fraction of sp³-hybridized carbons (Fsp3) is 0.125. The van der Waals surface area contributed by atoms with Gasteiger partial charge >= 0.3 is 6.18 Å². The second kappa shape index (κ2) is 3.19. The highest BCUT2D eigenvalue weighted by Gasteiger charge is 2.33. The predicted octanol–water partition coefficient (Wildman–Crippen LogP) is 1.03. The summed E-state index contributed by atoms with van der Waals surface area (Å²) in [7, 11) is 0. The first-order valence-electron chi connectivity index (χ1n) is 4.14. The number of fused-ring (bicyclic) bond motifs is 1. The van der Waals surface area contributed by atoms with Gasteiger partial charge in [-0.3, -0.25) is 9.81 Å². The number of nitrogens with one attached hydrogen (secondary N) is 1. The molecule has 8 heteroatoms. The van der Waals surface area contributed by atoms with Crippen molar-refractivity contribution in [3.63, 3.8) is 0 Å². The van der Waals surface area contributed by atoms with Gasteiger partial charge in [-0.2, -0.15) is 13.2 Å². The molecule has 2 rings (SSSR count). The minimum Gasteiger partial charge on any atom is -0.382 e. The molecule has 0 saturated heterocycles. The normalized spacial score (nSPS) is 11.9. The SMILES string of the molecule is N=C(N)c1cnc2cnc(C(F)(F)F)cn12. The van der Waals surface area contributed by atoms with Gasteiger partial charge in [0.2, 0.25) is 0 Å². The summed E-state index contributed by atoms with van der Waals surface area (Å²) in [4.78, 5) is 7.01. The predicted molar refractivity (Wildman–Crippen MR) is 49.0 cm³/mol. The molecule has 84 valence electrons. The van der Waals surface area contributed by atoms with Crippen molar-refractivity contribution in [1.29, 1.82) is 5.41 Å². The van der Waals surface area contributed by atoms with Gasteiger partial charge in [0, 0.05) is 6.20 Å². The van der Waals surface area contributed by atoms with Gasteiger partial charge in [0.25, 0.3) is 0 Å². The number of hydrogen-bond donors (Lipinski definition) is 2. The van der Waals surface area contributed by atoms with Crippen LogP contribution < -0.4 is 5.73 Å². The first-order chi connectivity index (χ1) is 7.39. The summed E-state index contributed by atoms with van der Waals surface area (Å²) >= 11 is 0. The molecule has 16 heavy (non-hydrogen) atoms. The zero-order valence-electron chi connectivity index (χ0n) is 7.78. The van der Waals surface area contributed by atoms with E-state index in [1.807, 2.05) is 0 Å². The number of nitrogens with two attached hydrogens (primary N) is 1. The van der Waals surface area contributed by atoms with Gasteiger partial charge in [-0.15, -0.1) is 0 Å². The maximum absolute atomic E-state index is 12.4.